The molecule has 1 heterocycles. The van der Waals surface area contributed by atoms with E-state index in [1.807, 2.05) is 17.9 Å². The zero-order valence-electron chi connectivity index (χ0n) is 10.9. The minimum absolute atomic E-state index is 0.125. The average molecular weight is 244 g/mol. The van der Waals surface area contributed by atoms with Crippen molar-refractivity contribution in [1.82, 2.24) is 4.90 Å². The van der Waals surface area contributed by atoms with Crippen LogP contribution in [0.1, 0.15) is 30.9 Å². The van der Waals surface area contributed by atoms with Crippen molar-refractivity contribution in [2.24, 2.45) is 11.7 Å². The molecule has 0 radical (unpaired) electrons. The number of nitrogens with zero attached hydrogens (tertiary/aromatic N) is 1. The Bertz CT molecular complexity index is 477. The fraction of sp³-hybridized carbons (Fsp3) is 0.533. The number of amides is 1. The van der Waals surface area contributed by atoms with E-state index in [9.17, 15) is 4.79 Å². The molecule has 18 heavy (non-hydrogen) atoms. The molecule has 1 amide bonds. The van der Waals surface area contributed by atoms with E-state index in [4.69, 9.17) is 5.73 Å². The van der Waals surface area contributed by atoms with Crippen molar-refractivity contribution < 1.29 is 4.79 Å². The Balaban J connectivity index is 1.77. The van der Waals surface area contributed by atoms with Gasteiger partial charge < -0.3 is 10.6 Å². The molecular weight excluding hydrogens is 224 g/mol. The lowest BCUT2D eigenvalue weighted by Crippen LogP contribution is -2.55. The van der Waals surface area contributed by atoms with Crippen LogP contribution in [-0.2, 0) is 17.8 Å². The van der Waals surface area contributed by atoms with Gasteiger partial charge in [-0.15, -0.1) is 0 Å². The molecule has 1 aliphatic carbocycles. The molecule has 1 aliphatic heterocycles. The SMILES string of the molecule is CC(N)(C(=O)N1CCc2ccccc2C1)C1CC1. The predicted molar refractivity (Wildman–Crippen MR) is 70.9 cm³/mol. The molecule has 1 unspecified atom stereocenters. The van der Waals surface area contributed by atoms with Gasteiger partial charge in [-0.25, -0.2) is 0 Å². The molecule has 1 aromatic carbocycles. The first kappa shape index (κ1) is 11.7. The minimum atomic E-state index is -0.660. The van der Waals surface area contributed by atoms with Crippen molar-refractivity contribution in [3.8, 4) is 0 Å². The summed E-state index contributed by atoms with van der Waals surface area (Å²) < 4.78 is 0. The van der Waals surface area contributed by atoms with Gasteiger partial charge in [0, 0.05) is 13.1 Å². The van der Waals surface area contributed by atoms with Gasteiger partial charge in [0.1, 0.15) is 0 Å². The van der Waals surface area contributed by atoms with Crippen LogP contribution in [0.5, 0.6) is 0 Å². The number of benzene rings is 1. The molecule has 3 heteroatoms. The van der Waals surface area contributed by atoms with Crippen LogP contribution in [0.2, 0.25) is 0 Å². The Labute approximate surface area is 108 Å². The second-order valence-corrected chi connectivity index (χ2v) is 5.80. The summed E-state index contributed by atoms with van der Waals surface area (Å²) in [5, 5.41) is 0. The first-order chi connectivity index (χ1) is 8.59. The second-order valence-electron chi connectivity index (χ2n) is 5.80. The van der Waals surface area contributed by atoms with E-state index >= 15 is 0 Å². The number of hydrogen-bond donors (Lipinski definition) is 1. The van der Waals surface area contributed by atoms with Crippen LogP contribution >= 0.6 is 0 Å². The number of hydrogen-bond acceptors (Lipinski definition) is 2. The summed E-state index contributed by atoms with van der Waals surface area (Å²) in [6, 6.07) is 8.36. The maximum atomic E-state index is 12.5. The van der Waals surface area contributed by atoms with Gasteiger partial charge in [-0.1, -0.05) is 24.3 Å². The minimum Gasteiger partial charge on any atom is -0.336 e. The Hall–Kier alpha value is -1.35. The van der Waals surface area contributed by atoms with Crippen LogP contribution in [0, 0.1) is 5.92 Å². The van der Waals surface area contributed by atoms with E-state index in [0.29, 0.717) is 12.5 Å². The number of carbonyl (C=O) groups is 1. The van der Waals surface area contributed by atoms with E-state index in [2.05, 4.69) is 18.2 Å². The summed E-state index contributed by atoms with van der Waals surface area (Å²) in [4.78, 5) is 14.4. The van der Waals surface area contributed by atoms with Crippen LogP contribution in [0.15, 0.2) is 24.3 Å². The van der Waals surface area contributed by atoms with Crippen molar-refractivity contribution in [2.45, 2.75) is 38.3 Å². The van der Waals surface area contributed by atoms with Crippen molar-refractivity contribution in [1.29, 1.82) is 0 Å². The molecule has 0 saturated heterocycles. The molecule has 96 valence electrons. The van der Waals surface area contributed by atoms with Crippen LogP contribution in [0.25, 0.3) is 0 Å². The van der Waals surface area contributed by atoms with Crippen LogP contribution in [0.3, 0.4) is 0 Å². The largest absolute Gasteiger partial charge is 0.336 e. The summed E-state index contributed by atoms with van der Waals surface area (Å²) >= 11 is 0. The quantitative estimate of drug-likeness (QED) is 0.860. The second kappa shape index (κ2) is 4.09. The first-order valence-electron chi connectivity index (χ1n) is 6.74. The molecule has 1 atom stereocenters. The first-order valence-corrected chi connectivity index (χ1v) is 6.74. The number of carbonyl (C=O) groups excluding carboxylic acids is 1. The van der Waals surface area contributed by atoms with Gasteiger partial charge in [0.05, 0.1) is 5.54 Å². The molecule has 3 nitrogen and oxygen atoms in total. The van der Waals surface area contributed by atoms with Gasteiger partial charge in [-0.05, 0) is 43.2 Å². The number of rotatable bonds is 2. The van der Waals surface area contributed by atoms with Gasteiger partial charge in [-0.3, -0.25) is 4.79 Å². The third-order valence-corrected chi connectivity index (χ3v) is 4.30. The Kier molecular flexibility index (Phi) is 2.67. The third kappa shape index (κ3) is 1.93. The predicted octanol–water partition coefficient (Wildman–Crippen LogP) is 1.70. The van der Waals surface area contributed by atoms with E-state index in [-0.39, 0.29) is 5.91 Å². The highest BCUT2D eigenvalue weighted by Crippen LogP contribution is 2.39. The Morgan fingerprint density at radius 3 is 2.67 bits per heavy atom. The summed E-state index contributed by atoms with van der Waals surface area (Å²) in [7, 11) is 0. The molecule has 0 aromatic heterocycles. The highest BCUT2D eigenvalue weighted by molar-refractivity contribution is 5.86. The van der Waals surface area contributed by atoms with Crippen molar-refractivity contribution in [3.05, 3.63) is 35.4 Å². The molecule has 0 bridgehead atoms. The van der Waals surface area contributed by atoms with Gasteiger partial charge in [0.25, 0.3) is 0 Å². The zero-order chi connectivity index (χ0) is 12.8. The molecule has 2 N–H and O–H groups in total. The van der Waals surface area contributed by atoms with E-state index < -0.39 is 5.54 Å². The highest BCUT2D eigenvalue weighted by Gasteiger charge is 2.46. The standard InChI is InChI=1S/C15H20N2O/c1-15(16,13-6-7-13)14(18)17-9-8-11-4-2-3-5-12(11)10-17/h2-5,13H,6-10,16H2,1H3. The van der Waals surface area contributed by atoms with Crippen LogP contribution < -0.4 is 5.73 Å². The van der Waals surface area contributed by atoms with Gasteiger partial charge >= 0.3 is 0 Å². The van der Waals surface area contributed by atoms with Gasteiger partial charge in [-0.2, -0.15) is 0 Å². The molecule has 1 aromatic rings. The van der Waals surface area contributed by atoms with Gasteiger partial charge in [0.2, 0.25) is 5.91 Å². The number of nitrogens with two attached hydrogens (primary N) is 1. The number of fused-ring (bicyclic) bond motifs is 1. The Morgan fingerprint density at radius 2 is 2.00 bits per heavy atom. The molecular formula is C15H20N2O. The van der Waals surface area contributed by atoms with Crippen LogP contribution in [-0.4, -0.2) is 22.9 Å². The average Bonchev–Trinajstić information content (AvgIpc) is 3.22. The topological polar surface area (TPSA) is 46.3 Å². The molecule has 2 aliphatic rings. The van der Waals surface area contributed by atoms with Gasteiger partial charge in [0.15, 0.2) is 0 Å². The van der Waals surface area contributed by atoms with Crippen LogP contribution in [0.4, 0.5) is 0 Å². The maximum absolute atomic E-state index is 12.5. The molecule has 3 rings (SSSR count). The molecule has 1 saturated carbocycles. The van der Waals surface area contributed by atoms with Crippen molar-refractivity contribution in [3.63, 3.8) is 0 Å². The molecule has 0 spiro atoms. The van der Waals surface area contributed by atoms with E-state index in [0.717, 1.165) is 25.8 Å². The monoisotopic (exact) mass is 244 g/mol. The summed E-state index contributed by atoms with van der Waals surface area (Å²) in [6.07, 6.45) is 3.15. The lowest BCUT2D eigenvalue weighted by Gasteiger charge is -2.35. The normalized spacial score (nSPS) is 22.2. The fourth-order valence-corrected chi connectivity index (χ4v) is 2.87. The third-order valence-electron chi connectivity index (χ3n) is 4.30. The smallest absolute Gasteiger partial charge is 0.242 e. The molecule has 1 fully saturated rings. The maximum Gasteiger partial charge on any atom is 0.242 e. The lowest BCUT2D eigenvalue weighted by atomic mass is 9.92. The highest BCUT2D eigenvalue weighted by atomic mass is 16.2. The Morgan fingerprint density at radius 1 is 1.33 bits per heavy atom. The fourth-order valence-electron chi connectivity index (χ4n) is 2.87. The zero-order valence-corrected chi connectivity index (χ0v) is 10.9. The summed E-state index contributed by atoms with van der Waals surface area (Å²) in [5.41, 5.74) is 8.20. The summed E-state index contributed by atoms with van der Waals surface area (Å²) in [6.45, 7) is 3.41. The van der Waals surface area contributed by atoms with E-state index in [1.54, 1.807) is 0 Å². The lowest BCUT2D eigenvalue weighted by molar-refractivity contribution is -0.138. The van der Waals surface area contributed by atoms with E-state index in [1.165, 1.54) is 11.1 Å². The van der Waals surface area contributed by atoms with Crippen molar-refractivity contribution >= 4 is 5.91 Å². The summed E-state index contributed by atoms with van der Waals surface area (Å²) in [5.74, 6) is 0.515. The van der Waals surface area contributed by atoms with Crippen molar-refractivity contribution in [2.75, 3.05) is 6.54 Å².